The molecule has 3 rings (SSSR count). The number of halogens is 1. The van der Waals surface area contributed by atoms with Crippen molar-refractivity contribution in [1.29, 1.82) is 0 Å². The Hall–Kier alpha value is -1.88. The van der Waals surface area contributed by atoms with Gasteiger partial charge in [-0.05, 0) is 23.7 Å². The van der Waals surface area contributed by atoms with Gasteiger partial charge in [0.25, 0.3) is 0 Å². The molecule has 0 spiro atoms. The first kappa shape index (κ1) is 13.1. The van der Waals surface area contributed by atoms with Gasteiger partial charge in [-0.1, -0.05) is 6.07 Å². The van der Waals surface area contributed by atoms with E-state index in [0.29, 0.717) is 24.8 Å². The minimum absolute atomic E-state index is 0.0895. The van der Waals surface area contributed by atoms with E-state index in [-0.39, 0.29) is 5.91 Å². The first-order valence-electron chi connectivity index (χ1n) is 6.53. The smallest absolute Gasteiger partial charge is 0.228 e. The predicted molar refractivity (Wildman–Crippen MR) is 75.3 cm³/mol. The van der Waals surface area contributed by atoms with E-state index < -0.39 is 0 Å². The molecular formula is C14H15ClN4O. The molecule has 1 aliphatic rings. The third-order valence-corrected chi connectivity index (χ3v) is 3.95. The Morgan fingerprint density at radius 1 is 1.45 bits per heavy atom. The average molecular weight is 291 g/mol. The molecule has 0 saturated heterocycles. The van der Waals surface area contributed by atoms with E-state index in [4.69, 9.17) is 11.6 Å². The molecule has 2 aromatic rings. The standard InChI is InChI=1S/C14H15ClN4O/c1-18-12-9-19(7-5-11(12)17-14(18)15)13(20)8-10-4-2-3-6-16-10/h2-4,6H,5,7-9H2,1H3. The lowest BCUT2D eigenvalue weighted by Crippen LogP contribution is -2.37. The zero-order chi connectivity index (χ0) is 14.1. The van der Waals surface area contributed by atoms with Crippen LogP contribution in [0.25, 0.3) is 0 Å². The van der Waals surface area contributed by atoms with Crippen molar-refractivity contribution in [3.63, 3.8) is 0 Å². The van der Waals surface area contributed by atoms with Gasteiger partial charge in [-0.15, -0.1) is 0 Å². The second-order valence-corrected chi connectivity index (χ2v) is 5.23. The van der Waals surface area contributed by atoms with Crippen LogP contribution in [0.3, 0.4) is 0 Å². The summed E-state index contributed by atoms with van der Waals surface area (Å²) >= 11 is 6.02. The lowest BCUT2D eigenvalue weighted by atomic mass is 10.1. The van der Waals surface area contributed by atoms with Crippen molar-refractivity contribution in [2.75, 3.05) is 6.54 Å². The molecule has 0 aliphatic carbocycles. The topological polar surface area (TPSA) is 51.0 Å². The van der Waals surface area contributed by atoms with E-state index >= 15 is 0 Å². The van der Waals surface area contributed by atoms with Crippen LogP contribution in [0.1, 0.15) is 17.1 Å². The first-order chi connectivity index (χ1) is 9.65. The number of nitrogens with zero attached hydrogens (tertiary/aromatic N) is 4. The maximum atomic E-state index is 12.3. The lowest BCUT2D eigenvalue weighted by molar-refractivity contribution is -0.131. The summed E-state index contributed by atoms with van der Waals surface area (Å²) in [4.78, 5) is 22.7. The summed E-state index contributed by atoms with van der Waals surface area (Å²) in [5.41, 5.74) is 2.82. The predicted octanol–water partition coefficient (Wildman–Crippen LogP) is 1.60. The highest BCUT2D eigenvalue weighted by Gasteiger charge is 2.25. The fraction of sp³-hybridized carbons (Fsp3) is 0.357. The second kappa shape index (κ2) is 5.25. The molecule has 6 heteroatoms. The van der Waals surface area contributed by atoms with Gasteiger partial charge in [0.1, 0.15) is 0 Å². The van der Waals surface area contributed by atoms with Crippen LogP contribution in [0, 0.1) is 0 Å². The van der Waals surface area contributed by atoms with Crippen molar-refractivity contribution in [3.05, 3.63) is 46.8 Å². The van der Waals surface area contributed by atoms with Gasteiger partial charge in [0.05, 0.1) is 24.4 Å². The molecule has 0 unspecified atom stereocenters. The number of carbonyl (C=O) groups excluding carboxylic acids is 1. The van der Waals surface area contributed by atoms with Crippen LogP contribution in [-0.2, 0) is 31.2 Å². The highest BCUT2D eigenvalue weighted by Crippen LogP contribution is 2.22. The second-order valence-electron chi connectivity index (χ2n) is 4.90. The van der Waals surface area contributed by atoms with Crippen LogP contribution < -0.4 is 0 Å². The summed E-state index contributed by atoms with van der Waals surface area (Å²) in [7, 11) is 1.88. The minimum Gasteiger partial charge on any atom is -0.336 e. The Morgan fingerprint density at radius 3 is 3.05 bits per heavy atom. The highest BCUT2D eigenvalue weighted by atomic mass is 35.5. The molecule has 0 aromatic carbocycles. The minimum atomic E-state index is 0.0895. The Bertz CT molecular complexity index is 638. The number of hydrogen-bond donors (Lipinski definition) is 0. The molecule has 0 saturated carbocycles. The van der Waals surface area contributed by atoms with Crippen LogP contribution in [0.5, 0.6) is 0 Å². The van der Waals surface area contributed by atoms with Gasteiger partial charge >= 0.3 is 0 Å². The normalized spacial score (nSPS) is 14.2. The van der Waals surface area contributed by atoms with Gasteiger partial charge in [0.15, 0.2) is 0 Å². The molecule has 1 aliphatic heterocycles. The molecule has 0 radical (unpaired) electrons. The third kappa shape index (κ3) is 2.41. The number of aromatic nitrogens is 3. The van der Waals surface area contributed by atoms with E-state index in [9.17, 15) is 4.79 Å². The van der Waals surface area contributed by atoms with E-state index in [2.05, 4.69) is 9.97 Å². The molecule has 104 valence electrons. The Morgan fingerprint density at radius 2 is 2.30 bits per heavy atom. The SMILES string of the molecule is Cn1c(Cl)nc2c1CN(C(=O)Cc1ccccn1)CC2. The monoisotopic (exact) mass is 290 g/mol. The molecule has 1 amide bonds. The summed E-state index contributed by atoms with van der Waals surface area (Å²) in [6.45, 7) is 1.25. The summed E-state index contributed by atoms with van der Waals surface area (Å²) in [6.07, 6.45) is 2.80. The van der Waals surface area contributed by atoms with Crippen molar-refractivity contribution < 1.29 is 4.79 Å². The van der Waals surface area contributed by atoms with Crippen LogP contribution in [0.2, 0.25) is 5.28 Å². The number of fused-ring (bicyclic) bond motifs is 1. The molecule has 0 bridgehead atoms. The lowest BCUT2D eigenvalue weighted by Gasteiger charge is -2.27. The van der Waals surface area contributed by atoms with Gasteiger partial charge in [-0.25, -0.2) is 4.98 Å². The molecule has 20 heavy (non-hydrogen) atoms. The largest absolute Gasteiger partial charge is 0.336 e. The van der Waals surface area contributed by atoms with Crippen LogP contribution in [0.4, 0.5) is 0 Å². The Labute approximate surface area is 122 Å². The number of imidazole rings is 1. The summed E-state index contributed by atoms with van der Waals surface area (Å²) in [5, 5.41) is 0.481. The van der Waals surface area contributed by atoms with E-state index in [1.165, 1.54) is 0 Å². The molecule has 2 aromatic heterocycles. The molecule has 3 heterocycles. The summed E-state index contributed by atoms with van der Waals surface area (Å²) in [6, 6.07) is 5.61. The van der Waals surface area contributed by atoms with Crippen molar-refractivity contribution in [3.8, 4) is 0 Å². The third-order valence-electron chi connectivity index (χ3n) is 3.61. The maximum absolute atomic E-state index is 12.3. The molecule has 0 N–H and O–H groups in total. The fourth-order valence-electron chi connectivity index (χ4n) is 2.44. The van der Waals surface area contributed by atoms with Crippen molar-refractivity contribution in [2.45, 2.75) is 19.4 Å². The summed E-state index contributed by atoms with van der Waals surface area (Å²) in [5.74, 6) is 0.0895. The number of amides is 1. The van der Waals surface area contributed by atoms with Gasteiger partial charge in [-0.3, -0.25) is 9.78 Å². The molecular weight excluding hydrogens is 276 g/mol. The zero-order valence-electron chi connectivity index (χ0n) is 11.2. The van der Waals surface area contributed by atoms with Gasteiger partial charge in [-0.2, -0.15) is 0 Å². The van der Waals surface area contributed by atoms with Crippen LogP contribution >= 0.6 is 11.6 Å². The van der Waals surface area contributed by atoms with E-state index in [0.717, 1.165) is 23.5 Å². The number of hydrogen-bond acceptors (Lipinski definition) is 3. The summed E-state index contributed by atoms with van der Waals surface area (Å²) < 4.78 is 1.84. The fourth-order valence-corrected chi connectivity index (χ4v) is 2.64. The van der Waals surface area contributed by atoms with Gasteiger partial charge in [0.2, 0.25) is 11.2 Å². The van der Waals surface area contributed by atoms with Crippen molar-refractivity contribution in [2.24, 2.45) is 7.05 Å². The van der Waals surface area contributed by atoms with E-state index in [1.54, 1.807) is 6.20 Å². The first-order valence-corrected chi connectivity index (χ1v) is 6.90. The molecule has 0 fully saturated rings. The highest BCUT2D eigenvalue weighted by molar-refractivity contribution is 6.28. The zero-order valence-corrected chi connectivity index (χ0v) is 12.0. The number of pyridine rings is 1. The average Bonchev–Trinajstić information content (AvgIpc) is 2.75. The quantitative estimate of drug-likeness (QED) is 0.844. The van der Waals surface area contributed by atoms with Gasteiger partial charge < -0.3 is 9.47 Å². The Kier molecular flexibility index (Phi) is 3.44. The number of carbonyl (C=O) groups is 1. The van der Waals surface area contributed by atoms with Crippen molar-refractivity contribution >= 4 is 17.5 Å². The number of rotatable bonds is 2. The maximum Gasteiger partial charge on any atom is 0.228 e. The van der Waals surface area contributed by atoms with Crippen LogP contribution in [0.15, 0.2) is 24.4 Å². The van der Waals surface area contributed by atoms with E-state index in [1.807, 2.05) is 34.7 Å². The van der Waals surface area contributed by atoms with Gasteiger partial charge in [0, 0.05) is 31.9 Å². The molecule has 5 nitrogen and oxygen atoms in total. The van der Waals surface area contributed by atoms with Crippen molar-refractivity contribution in [1.82, 2.24) is 19.4 Å². The molecule has 0 atom stereocenters. The van der Waals surface area contributed by atoms with Crippen LogP contribution in [-0.4, -0.2) is 31.9 Å². The Balaban J connectivity index is 1.73.